The highest BCUT2D eigenvalue weighted by Crippen LogP contribution is 2.24. The molecule has 0 saturated carbocycles. The van der Waals surface area contributed by atoms with E-state index >= 15 is 0 Å². The van der Waals surface area contributed by atoms with Crippen LogP contribution in [0.25, 0.3) is 0 Å². The first-order valence-electron chi connectivity index (χ1n) is 12.6. The van der Waals surface area contributed by atoms with Gasteiger partial charge in [-0.05, 0) is 103 Å². The number of aryl methyl sites for hydroxylation is 2. The van der Waals surface area contributed by atoms with Gasteiger partial charge in [0.05, 0.1) is 41.5 Å². The van der Waals surface area contributed by atoms with E-state index in [9.17, 15) is 0 Å². The van der Waals surface area contributed by atoms with Crippen LogP contribution in [-0.4, -0.2) is 101 Å². The summed E-state index contributed by atoms with van der Waals surface area (Å²) in [6.07, 6.45) is 3.79. The lowest BCUT2D eigenvalue weighted by Gasteiger charge is -2.34. The third kappa shape index (κ3) is 14.9. The summed E-state index contributed by atoms with van der Waals surface area (Å²) in [7, 11) is 6.68. The Balaban J connectivity index is 0.000000314. The van der Waals surface area contributed by atoms with Crippen molar-refractivity contribution in [3.8, 4) is 18.0 Å². The zero-order chi connectivity index (χ0) is 33.6. The van der Waals surface area contributed by atoms with Crippen LogP contribution in [0.4, 0.5) is 5.95 Å². The summed E-state index contributed by atoms with van der Waals surface area (Å²) in [6, 6.07) is 0.787. The normalized spacial score (nSPS) is 12.8. The van der Waals surface area contributed by atoms with Crippen molar-refractivity contribution in [2.75, 3.05) is 41.5 Å². The Morgan fingerprint density at radius 3 is 1.17 bits per heavy atom. The van der Waals surface area contributed by atoms with Crippen molar-refractivity contribution in [1.82, 2.24) is 64.3 Å². The van der Waals surface area contributed by atoms with Crippen LogP contribution in [-0.2, 0) is 0 Å². The Morgan fingerprint density at radius 2 is 0.783 bits per heavy atom. The van der Waals surface area contributed by atoms with E-state index in [4.69, 9.17) is 79.1 Å². The maximum absolute atomic E-state index is 5.49. The summed E-state index contributed by atoms with van der Waals surface area (Å²) in [5.41, 5.74) is 0. The fourth-order valence-electron chi connectivity index (χ4n) is 3.41. The van der Waals surface area contributed by atoms with Gasteiger partial charge in [0, 0.05) is 0 Å². The molecule has 0 radical (unpaired) electrons. The molecule has 16 nitrogen and oxygen atoms in total. The van der Waals surface area contributed by atoms with Crippen LogP contribution in [0.3, 0.4) is 0 Å². The summed E-state index contributed by atoms with van der Waals surface area (Å²) in [6.45, 7) is 5.80. The second-order valence-electron chi connectivity index (χ2n) is 8.71. The molecule has 5 rings (SSSR count). The molecule has 5 heterocycles. The van der Waals surface area contributed by atoms with E-state index < -0.39 is 0 Å². The maximum Gasteiger partial charge on any atom is 0.335 e. The molecule has 1 fully saturated rings. The highest BCUT2D eigenvalue weighted by Gasteiger charge is 2.31. The van der Waals surface area contributed by atoms with Crippen LogP contribution in [0.15, 0.2) is 0 Å². The van der Waals surface area contributed by atoms with Crippen molar-refractivity contribution >= 4 is 75.6 Å². The number of rotatable bonds is 4. The van der Waals surface area contributed by atoms with Gasteiger partial charge in [-0.25, -0.2) is 4.98 Å². The van der Waals surface area contributed by atoms with E-state index in [2.05, 4.69) is 71.6 Å². The van der Waals surface area contributed by atoms with Crippen LogP contribution in [0.1, 0.15) is 30.9 Å². The van der Waals surface area contributed by atoms with Crippen LogP contribution in [0, 0.1) is 13.8 Å². The average molecular weight is 783 g/mol. The number of likely N-dealkylation sites (tertiary alicyclic amines) is 1. The van der Waals surface area contributed by atoms with Gasteiger partial charge in [-0.3, -0.25) is 4.48 Å². The third-order valence-electron chi connectivity index (χ3n) is 5.36. The van der Waals surface area contributed by atoms with Gasteiger partial charge in [0.2, 0.25) is 31.7 Å². The smallest absolute Gasteiger partial charge is 0.335 e. The van der Waals surface area contributed by atoms with Gasteiger partial charge in [-0.2, -0.15) is 49.8 Å². The summed E-state index contributed by atoms with van der Waals surface area (Å²) in [4.78, 5) is 45.3. The lowest BCUT2D eigenvalue weighted by atomic mass is 10.1. The number of quaternary nitrogens is 1. The molecule has 0 amide bonds. The van der Waals surface area contributed by atoms with Gasteiger partial charge in [-0.1, -0.05) is 0 Å². The number of ether oxygens (including phenoxy) is 3. The molecule has 252 valence electrons. The molecule has 4 aromatic heterocycles. The van der Waals surface area contributed by atoms with Gasteiger partial charge in [0.1, 0.15) is 11.6 Å². The molecule has 0 bridgehead atoms. The van der Waals surface area contributed by atoms with E-state index in [1.165, 1.54) is 33.5 Å². The molecule has 0 N–H and O–H groups in total. The molecule has 4 aromatic rings. The van der Waals surface area contributed by atoms with Crippen LogP contribution in [0.2, 0.25) is 31.7 Å². The van der Waals surface area contributed by atoms with E-state index in [-0.39, 0.29) is 56.1 Å². The minimum atomic E-state index is 0. The van der Waals surface area contributed by atoms with Gasteiger partial charge in [-0.15, -0.1) is 4.98 Å². The zero-order valence-electron chi connectivity index (χ0n) is 25.2. The number of methoxy groups -OCH3 is 3. The van der Waals surface area contributed by atoms with Crippen molar-refractivity contribution in [2.24, 2.45) is 0 Å². The monoisotopic (exact) mass is 779 g/mol. The van der Waals surface area contributed by atoms with Gasteiger partial charge in [0.15, 0.2) is 0 Å². The molecule has 1 saturated heterocycles. The summed E-state index contributed by atoms with van der Waals surface area (Å²) in [5.74, 6) is 2.12. The molecule has 1 aliphatic rings. The minimum absolute atomic E-state index is 0. The number of aromatic nitrogens is 12. The average Bonchev–Trinajstić information content (AvgIpc) is 2.96. The van der Waals surface area contributed by atoms with Gasteiger partial charge >= 0.3 is 24.0 Å². The molecule has 0 unspecified atom stereocenters. The standard InChI is InChI=1S/C11H19N4O.C5H6ClN3O.C4H3Cl2N3O.C3Cl3N3.ClH/c1-9-12-10(14-11(13-9)16-3)15(2)7-5-4-6-8-15;1-3-7-4(6)9-5(8-3)10-2;1-10-4-8-2(5)7-3(6)9-4;4-1-7-2(5)9-3(6)8-1;/h4-8H2,1-3H3;1-2H3;1H3;;1H/q+1;;;;/p-1. The van der Waals surface area contributed by atoms with Crippen LogP contribution >= 0.6 is 69.6 Å². The molecule has 0 aliphatic carbocycles. The minimum Gasteiger partial charge on any atom is -1.00 e. The van der Waals surface area contributed by atoms with Crippen molar-refractivity contribution in [1.29, 1.82) is 0 Å². The Hall–Kier alpha value is -2.57. The topological polar surface area (TPSA) is 182 Å². The Morgan fingerprint density at radius 1 is 0.457 bits per heavy atom. The highest BCUT2D eigenvalue weighted by atomic mass is 35.5. The molecule has 1 aliphatic heterocycles. The molecular formula is C23H28Cl7N13O3. The van der Waals surface area contributed by atoms with E-state index in [0.29, 0.717) is 11.8 Å². The summed E-state index contributed by atoms with van der Waals surface area (Å²) >= 11 is 32.2. The molecule has 46 heavy (non-hydrogen) atoms. The molecule has 0 aromatic carbocycles. The fraction of sp³-hybridized carbons (Fsp3) is 0.478. The second-order valence-corrected chi connectivity index (χ2v) is 10.7. The van der Waals surface area contributed by atoms with E-state index in [0.717, 1.165) is 29.3 Å². The largest absolute Gasteiger partial charge is 1.00 e. The number of hydrogen-bond acceptors (Lipinski definition) is 15. The predicted octanol–water partition coefficient (Wildman–Crippen LogP) is 2.17. The first kappa shape index (κ1) is 41.5. The SMILES string of the molecule is COc1nc(C)nc(Cl)n1.COc1nc(C)nc([N+]2(C)CCCCC2)n1.COc1nc(Cl)nc(Cl)n1.Clc1nc(Cl)nc(Cl)n1.[Cl-]. The lowest BCUT2D eigenvalue weighted by Crippen LogP contribution is -3.00. The Labute approximate surface area is 301 Å². The van der Waals surface area contributed by atoms with Crippen molar-refractivity contribution in [2.45, 2.75) is 33.1 Å². The molecule has 0 spiro atoms. The first-order chi connectivity index (χ1) is 21.3. The van der Waals surface area contributed by atoms with Crippen molar-refractivity contribution in [3.05, 3.63) is 43.4 Å². The molecular weight excluding hydrogens is 755 g/mol. The summed E-state index contributed by atoms with van der Waals surface area (Å²) < 4.78 is 15.3. The van der Waals surface area contributed by atoms with Crippen molar-refractivity contribution < 1.29 is 26.6 Å². The quantitative estimate of drug-likeness (QED) is 0.275. The van der Waals surface area contributed by atoms with Crippen LogP contribution in [0.5, 0.6) is 18.0 Å². The lowest BCUT2D eigenvalue weighted by molar-refractivity contribution is -0.0000118. The maximum atomic E-state index is 5.49. The number of hydrogen-bond donors (Lipinski definition) is 0. The van der Waals surface area contributed by atoms with E-state index in [1.54, 1.807) is 14.0 Å². The van der Waals surface area contributed by atoms with E-state index in [1.807, 2.05) is 6.92 Å². The predicted molar refractivity (Wildman–Crippen MR) is 170 cm³/mol. The number of halogens is 7. The number of nitrogens with zero attached hydrogens (tertiary/aromatic N) is 13. The summed E-state index contributed by atoms with van der Waals surface area (Å²) in [5, 5.41) is 0.207. The van der Waals surface area contributed by atoms with Crippen molar-refractivity contribution in [3.63, 3.8) is 0 Å². The van der Waals surface area contributed by atoms with Crippen LogP contribution < -0.4 is 31.1 Å². The Bertz CT molecular complexity index is 1400. The highest BCUT2D eigenvalue weighted by molar-refractivity contribution is 6.33. The molecule has 23 heteroatoms. The zero-order valence-corrected chi connectivity index (χ0v) is 30.5. The molecule has 0 atom stereocenters. The first-order valence-corrected chi connectivity index (χ1v) is 14.9. The number of piperidine rings is 1. The van der Waals surface area contributed by atoms with Gasteiger partial charge < -0.3 is 26.6 Å². The van der Waals surface area contributed by atoms with Gasteiger partial charge in [0.25, 0.3) is 0 Å². The third-order valence-corrected chi connectivity index (χ3v) is 6.38. The fourth-order valence-corrected chi connectivity index (χ4v) is 4.56. The Kier molecular flexibility index (Phi) is 18.6. The second kappa shape index (κ2) is 20.6.